The lowest BCUT2D eigenvalue weighted by atomic mass is 10.1. The summed E-state index contributed by atoms with van der Waals surface area (Å²) < 4.78 is 4.97. The first-order valence-corrected chi connectivity index (χ1v) is 4.07. The Kier molecular flexibility index (Phi) is 3.13. The number of ether oxygens (including phenoxy) is 1. The Labute approximate surface area is 81.7 Å². The van der Waals surface area contributed by atoms with Gasteiger partial charge in [-0.1, -0.05) is 11.6 Å². The highest BCUT2D eigenvalue weighted by molar-refractivity contribution is 6.32. The van der Waals surface area contributed by atoms with Gasteiger partial charge in [0.05, 0.1) is 17.7 Å². The molecule has 1 aromatic carbocycles. The van der Waals surface area contributed by atoms with E-state index in [0.717, 1.165) is 5.56 Å². The van der Waals surface area contributed by atoms with Gasteiger partial charge in [-0.15, -0.1) is 0 Å². The summed E-state index contributed by atoms with van der Waals surface area (Å²) in [5.41, 5.74) is 6.66. The number of nitriles is 1. The van der Waals surface area contributed by atoms with Crippen LogP contribution in [0.15, 0.2) is 12.1 Å². The van der Waals surface area contributed by atoms with Crippen LogP contribution in [0.1, 0.15) is 11.1 Å². The van der Waals surface area contributed by atoms with Crippen molar-refractivity contribution in [2.24, 2.45) is 5.73 Å². The molecule has 0 aliphatic heterocycles. The molecule has 1 rings (SSSR count). The fourth-order valence-electron chi connectivity index (χ4n) is 1.06. The van der Waals surface area contributed by atoms with Crippen LogP contribution in [0.25, 0.3) is 0 Å². The predicted octanol–water partition coefficient (Wildman–Crippen LogP) is 1.68. The lowest BCUT2D eigenvalue weighted by Crippen LogP contribution is -1.98. The number of hydrogen-bond acceptors (Lipinski definition) is 3. The summed E-state index contributed by atoms with van der Waals surface area (Å²) in [6, 6.07) is 5.36. The molecule has 0 amide bonds. The van der Waals surface area contributed by atoms with Gasteiger partial charge in [0.2, 0.25) is 0 Å². The quantitative estimate of drug-likeness (QED) is 0.783. The van der Waals surface area contributed by atoms with Crippen LogP contribution in [0.2, 0.25) is 5.02 Å². The minimum atomic E-state index is 0.360. The van der Waals surface area contributed by atoms with Crippen molar-refractivity contribution in [2.75, 3.05) is 7.11 Å². The number of rotatable bonds is 2. The summed E-state index contributed by atoms with van der Waals surface area (Å²) in [5.74, 6) is 0.404. The Morgan fingerprint density at radius 3 is 2.77 bits per heavy atom. The molecule has 0 aliphatic rings. The lowest BCUT2D eigenvalue weighted by Gasteiger charge is -2.06. The molecular formula is C9H9ClN2O. The van der Waals surface area contributed by atoms with Gasteiger partial charge in [-0.2, -0.15) is 5.26 Å². The Hall–Kier alpha value is -1.24. The Bertz CT molecular complexity index is 357. The summed E-state index contributed by atoms with van der Waals surface area (Å²) in [5, 5.41) is 9.18. The van der Waals surface area contributed by atoms with Crippen molar-refractivity contribution in [3.8, 4) is 11.8 Å². The maximum absolute atomic E-state index is 8.76. The van der Waals surface area contributed by atoms with Gasteiger partial charge in [0.15, 0.2) is 5.75 Å². The van der Waals surface area contributed by atoms with Gasteiger partial charge in [0.1, 0.15) is 6.07 Å². The maximum atomic E-state index is 8.76. The first-order chi connectivity index (χ1) is 6.22. The molecule has 0 unspecified atom stereocenters. The van der Waals surface area contributed by atoms with E-state index in [0.29, 0.717) is 22.9 Å². The third-order valence-corrected chi connectivity index (χ3v) is 1.94. The summed E-state index contributed by atoms with van der Waals surface area (Å²) in [6.45, 7) is 0.360. The summed E-state index contributed by atoms with van der Waals surface area (Å²) in [4.78, 5) is 0. The molecule has 4 heteroatoms. The van der Waals surface area contributed by atoms with Crippen LogP contribution in [-0.4, -0.2) is 7.11 Å². The average Bonchev–Trinajstić information content (AvgIpc) is 2.16. The van der Waals surface area contributed by atoms with Crippen molar-refractivity contribution in [2.45, 2.75) is 6.54 Å². The number of benzene rings is 1. The second-order valence-electron chi connectivity index (χ2n) is 2.47. The van der Waals surface area contributed by atoms with E-state index in [1.54, 1.807) is 12.1 Å². The number of nitrogens with two attached hydrogens (primary N) is 1. The summed E-state index contributed by atoms with van der Waals surface area (Å²) in [7, 11) is 1.48. The molecule has 3 nitrogen and oxygen atoms in total. The van der Waals surface area contributed by atoms with E-state index in [4.69, 9.17) is 27.3 Å². The van der Waals surface area contributed by atoms with E-state index in [2.05, 4.69) is 0 Å². The molecule has 0 radical (unpaired) electrons. The highest BCUT2D eigenvalue weighted by Crippen LogP contribution is 2.29. The van der Waals surface area contributed by atoms with Crippen molar-refractivity contribution in [1.29, 1.82) is 5.26 Å². The first kappa shape index (κ1) is 9.85. The zero-order valence-electron chi connectivity index (χ0n) is 7.17. The van der Waals surface area contributed by atoms with Gasteiger partial charge < -0.3 is 10.5 Å². The molecule has 0 bridgehead atoms. The number of nitrogens with zero attached hydrogens (tertiary/aromatic N) is 1. The van der Waals surface area contributed by atoms with Gasteiger partial charge in [0.25, 0.3) is 0 Å². The number of methoxy groups -OCH3 is 1. The second kappa shape index (κ2) is 4.13. The topological polar surface area (TPSA) is 59.0 Å². The van der Waals surface area contributed by atoms with Crippen LogP contribution in [0, 0.1) is 11.3 Å². The molecule has 2 N–H and O–H groups in total. The van der Waals surface area contributed by atoms with E-state index in [1.165, 1.54) is 7.11 Å². The number of halogens is 1. The molecule has 0 atom stereocenters. The molecule has 68 valence electrons. The van der Waals surface area contributed by atoms with Crippen molar-refractivity contribution >= 4 is 11.6 Å². The van der Waals surface area contributed by atoms with Crippen LogP contribution in [-0.2, 0) is 6.54 Å². The maximum Gasteiger partial charge on any atom is 0.155 e. The molecule has 0 aliphatic carbocycles. The molecule has 1 aromatic rings. The van der Waals surface area contributed by atoms with Crippen LogP contribution >= 0.6 is 11.6 Å². The largest absolute Gasteiger partial charge is 0.494 e. The first-order valence-electron chi connectivity index (χ1n) is 3.69. The fourth-order valence-corrected chi connectivity index (χ4v) is 1.38. The Morgan fingerprint density at radius 1 is 1.62 bits per heavy atom. The molecule has 0 saturated carbocycles. The number of hydrogen-bond donors (Lipinski definition) is 1. The molecule has 13 heavy (non-hydrogen) atoms. The molecule has 0 saturated heterocycles. The standard InChI is InChI=1S/C9H9ClN2O/c1-13-9-7(5-12)2-6(4-11)3-8(9)10/h2-3H,4,11H2,1H3. The Balaban J connectivity index is 3.31. The van der Waals surface area contributed by atoms with Crippen molar-refractivity contribution in [3.63, 3.8) is 0 Å². The van der Waals surface area contributed by atoms with E-state index in [-0.39, 0.29) is 0 Å². The smallest absolute Gasteiger partial charge is 0.155 e. The molecule has 0 fully saturated rings. The minimum Gasteiger partial charge on any atom is -0.494 e. The van der Waals surface area contributed by atoms with Crippen molar-refractivity contribution < 1.29 is 4.74 Å². The fraction of sp³-hybridized carbons (Fsp3) is 0.222. The van der Waals surface area contributed by atoms with E-state index in [9.17, 15) is 0 Å². The van der Waals surface area contributed by atoms with Gasteiger partial charge in [0, 0.05) is 6.54 Å². The van der Waals surface area contributed by atoms with Crippen molar-refractivity contribution in [1.82, 2.24) is 0 Å². The van der Waals surface area contributed by atoms with Gasteiger partial charge in [-0.3, -0.25) is 0 Å². The SMILES string of the molecule is COc1c(Cl)cc(CN)cc1C#N. The highest BCUT2D eigenvalue weighted by Gasteiger charge is 2.08. The van der Waals surface area contributed by atoms with Crippen LogP contribution < -0.4 is 10.5 Å². The second-order valence-corrected chi connectivity index (χ2v) is 2.88. The highest BCUT2D eigenvalue weighted by atomic mass is 35.5. The normalized spacial score (nSPS) is 9.38. The molecule has 0 heterocycles. The van der Waals surface area contributed by atoms with E-state index < -0.39 is 0 Å². The Morgan fingerprint density at radius 2 is 2.31 bits per heavy atom. The van der Waals surface area contributed by atoms with Crippen LogP contribution in [0.3, 0.4) is 0 Å². The third kappa shape index (κ3) is 1.92. The molecule has 0 aromatic heterocycles. The zero-order valence-corrected chi connectivity index (χ0v) is 7.93. The third-order valence-electron chi connectivity index (χ3n) is 1.66. The van der Waals surface area contributed by atoms with E-state index in [1.807, 2.05) is 6.07 Å². The van der Waals surface area contributed by atoms with E-state index >= 15 is 0 Å². The summed E-state index contributed by atoms with van der Waals surface area (Å²) >= 11 is 5.86. The average molecular weight is 197 g/mol. The minimum absolute atomic E-state index is 0.360. The summed E-state index contributed by atoms with van der Waals surface area (Å²) in [6.07, 6.45) is 0. The van der Waals surface area contributed by atoms with Crippen LogP contribution in [0.4, 0.5) is 0 Å². The lowest BCUT2D eigenvalue weighted by molar-refractivity contribution is 0.413. The molecule has 0 spiro atoms. The zero-order chi connectivity index (χ0) is 9.84. The van der Waals surface area contributed by atoms with Gasteiger partial charge in [-0.25, -0.2) is 0 Å². The van der Waals surface area contributed by atoms with Crippen molar-refractivity contribution in [3.05, 3.63) is 28.3 Å². The molecular weight excluding hydrogens is 188 g/mol. The predicted molar refractivity (Wildman–Crippen MR) is 50.6 cm³/mol. The van der Waals surface area contributed by atoms with Crippen LogP contribution in [0.5, 0.6) is 5.75 Å². The monoisotopic (exact) mass is 196 g/mol. The van der Waals surface area contributed by atoms with Gasteiger partial charge in [-0.05, 0) is 17.7 Å². The van der Waals surface area contributed by atoms with Gasteiger partial charge >= 0.3 is 0 Å².